The lowest BCUT2D eigenvalue weighted by atomic mass is 9.89. The van der Waals surface area contributed by atoms with Crippen molar-refractivity contribution in [3.63, 3.8) is 0 Å². The van der Waals surface area contributed by atoms with E-state index in [1.807, 2.05) is 0 Å². The number of hydrogen-bond donors (Lipinski definition) is 2. The smallest absolute Gasteiger partial charge is 0.353 e. The summed E-state index contributed by atoms with van der Waals surface area (Å²) in [6, 6.07) is 7.11. The van der Waals surface area contributed by atoms with Gasteiger partial charge in [-0.3, -0.25) is 9.59 Å². The monoisotopic (exact) mass is 543 g/mol. The number of rotatable bonds is 9. The van der Waals surface area contributed by atoms with E-state index in [0.717, 1.165) is 51.4 Å². The zero-order valence-electron chi connectivity index (χ0n) is 22.3. The highest BCUT2D eigenvalue weighted by Gasteiger charge is 2.39. The molecule has 2 aliphatic carbocycles. The van der Waals surface area contributed by atoms with Gasteiger partial charge < -0.3 is 15.5 Å². The van der Waals surface area contributed by atoms with Crippen LogP contribution in [0.5, 0.6) is 0 Å². The van der Waals surface area contributed by atoms with E-state index >= 15 is 0 Å². The van der Waals surface area contributed by atoms with Crippen LogP contribution in [0.15, 0.2) is 30.5 Å². The first kappa shape index (κ1) is 27.6. The maximum Gasteiger partial charge on any atom is 0.419 e. The van der Waals surface area contributed by atoms with Crippen LogP contribution < -0.4 is 10.6 Å². The molecule has 1 aromatic carbocycles. The molecule has 2 N–H and O–H groups in total. The average molecular weight is 544 g/mol. The van der Waals surface area contributed by atoms with Gasteiger partial charge in [-0.2, -0.15) is 13.2 Å². The summed E-state index contributed by atoms with van der Waals surface area (Å²) >= 11 is 0. The third kappa shape index (κ3) is 7.15. The quantitative estimate of drug-likeness (QED) is 0.413. The molecule has 0 bridgehead atoms. The maximum absolute atomic E-state index is 13.8. The van der Waals surface area contributed by atoms with Gasteiger partial charge in [0.05, 0.1) is 11.3 Å². The van der Waals surface area contributed by atoms with Crippen molar-refractivity contribution in [2.75, 3.05) is 25.5 Å². The first-order valence-electron chi connectivity index (χ1n) is 14.0. The fraction of sp³-hybridized carbons (Fsp3) is 0.586. The number of hydrogen-bond acceptors (Lipinski definition) is 6. The first-order chi connectivity index (χ1) is 18.7. The molecular weight excluding hydrogens is 507 g/mol. The molecule has 7 nitrogen and oxygen atoms in total. The summed E-state index contributed by atoms with van der Waals surface area (Å²) in [6.07, 6.45) is 2.98. The van der Waals surface area contributed by atoms with Crippen molar-refractivity contribution in [3.8, 4) is 0 Å². The van der Waals surface area contributed by atoms with Crippen LogP contribution in [0.4, 0.5) is 24.8 Å². The molecule has 5 rings (SSSR count). The van der Waals surface area contributed by atoms with Crippen molar-refractivity contribution in [2.24, 2.45) is 17.8 Å². The largest absolute Gasteiger partial charge is 0.419 e. The predicted octanol–water partition coefficient (Wildman–Crippen LogP) is 5.39. The Morgan fingerprint density at radius 1 is 1.03 bits per heavy atom. The molecule has 10 heteroatoms. The van der Waals surface area contributed by atoms with Gasteiger partial charge in [-0.1, -0.05) is 6.42 Å². The molecule has 2 saturated carbocycles. The Morgan fingerprint density at radius 3 is 2.41 bits per heavy atom. The van der Waals surface area contributed by atoms with E-state index in [9.17, 15) is 22.8 Å². The second kappa shape index (κ2) is 11.6. The highest BCUT2D eigenvalue weighted by atomic mass is 19.4. The third-order valence-corrected chi connectivity index (χ3v) is 8.32. The molecule has 210 valence electrons. The summed E-state index contributed by atoms with van der Waals surface area (Å²) in [5.41, 5.74) is 0.238. The summed E-state index contributed by atoms with van der Waals surface area (Å²) in [7, 11) is 2.09. The van der Waals surface area contributed by atoms with Gasteiger partial charge in [0.1, 0.15) is 0 Å². The fourth-order valence-corrected chi connectivity index (χ4v) is 5.80. The number of likely N-dealkylation sites (tertiary alicyclic amines) is 1. The Bertz CT molecular complexity index is 1170. The highest BCUT2D eigenvalue weighted by Crippen LogP contribution is 2.38. The third-order valence-electron chi connectivity index (χ3n) is 8.32. The number of ketones is 1. The van der Waals surface area contributed by atoms with Gasteiger partial charge in [0, 0.05) is 35.8 Å². The van der Waals surface area contributed by atoms with Gasteiger partial charge in [-0.15, -0.1) is 0 Å². The molecule has 0 spiro atoms. The lowest BCUT2D eigenvalue weighted by Gasteiger charge is -2.28. The molecule has 3 fully saturated rings. The Labute approximate surface area is 227 Å². The lowest BCUT2D eigenvalue weighted by Crippen LogP contribution is -2.35. The number of carbonyl (C=O) groups excluding carboxylic acids is 2. The van der Waals surface area contributed by atoms with E-state index in [4.69, 9.17) is 0 Å². The number of amides is 1. The van der Waals surface area contributed by atoms with Gasteiger partial charge in [0.2, 0.25) is 11.9 Å². The molecule has 3 aliphatic rings. The first-order valence-corrected chi connectivity index (χ1v) is 14.0. The van der Waals surface area contributed by atoms with E-state index in [2.05, 4.69) is 32.5 Å². The molecular formula is C29H36F3N5O2. The summed E-state index contributed by atoms with van der Waals surface area (Å²) in [6.45, 7) is 2.01. The summed E-state index contributed by atoms with van der Waals surface area (Å²) in [5, 5.41) is 5.99. The summed E-state index contributed by atoms with van der Waals surface area (Å²) in [4.78, 5) is 35.9. The number of anilines is 2. The van der Waals surface area contributed by atoms with Crippen LogP contribution in [-0.2, 0) is 17.4 Å². The minimum Gasteiger partial charge on any atom is -0.353 e. The Balaban J connectivity index is 1.26. The van der Waals surface area contributed by atoms with E-state index in [1.54, 1.807) is 24.3 Å². The van der Waals surface area contributed by atoms with Gasteiger partial charge in [-0.25, -0.2) is 9.97 Å². The van der Waals surface area contributed by atoms with Crippen molar-refractivity contribution in [1.82, 2.24) is 20.2 Å². The molecule has 1 saturated heterocycles. The number of piperidine rings is 1. The standard InChI is InChI=1S/C29H36F3N5O2/c1-37-13-11-18(12-14-37)15-26(38)19-5-7-22(8-6-19)35-28-33-17-24(29(30,31)32)25(36-28)16-20-3-2-4-23(20)27(39)34-21-9-10-21/h5-8,17-18,20-21,23H,2-4,9-16H2,1H3,(H,34,39)(H,33,35,36)/t20-,23-/m0/s1. The van der Waals surface area contributed by atoms with E-state index in [1.165, 1.54) is 0 Å². The van der Waals surface area contributed by atoms with Crippen LogP contribution >= 0.6 is 0 Å². The molecule has 1 aliphatic heterocycles. The van der Waals surface area contributed by atoms with Crippen LogP contribution in [0.1, 0.15) is 73.0 Å². The minimum absolute atomic E-state index is 0.0496. The molecule has 0 radical (unpaired) electrons. The maximum atomic E-state index is 13.8. The zero-order chi connectivity index (χ0) is 27.6. The average Bonchev–Trinajstić information content (AvgIpc) is 3.59. The highest BCUT2D eigenvalue weighted by molar-refractivity contribution is 5.96. The number of carbonyl (C=O) groups is 2. The molecule has 0 unspecified atom stereocenters. The summed E-state index contributed by atoms with van der Waals surface area (Å²) < 4.78 is 41.4. The van der Waals surface area contributed by atoms with Gasteiger partial charge >= 0.3 is 6.18 Å². The Morgan fingerprint density at radius 2 is 1.74 bits per heavy atom. The van der Waals surface area contributed by atoms with E-state index in [-0.39, 0.29) is 47.6 Å². The number of benzene rings is 1. The summed E-state index contributed by atoms with van der Waals surface area (Å²) in [5.74, 6) is 0.0117. The molecule has 1 aromatic heterocycles. The van der Waals surface area contributed by atoms with Crippen molar-refractivity contribution in [1.29, 1.82) is 0 Å². The molecule has 2 aromatic rings. The van der Waals surface area contributed by atoms with Crippen LogP contribution in [-0.4, -0.2) is 52.7 Å². The zero-order valence-corrected chi connectivity index (χ0v) is 22.3. The van der Waals surface area contributed by atoms with Gasteiger partial charge in [0.25, 0.3) is 0 Å². The minimum atomic E-state index is -4.59. The predicted molar refractivity (Wildman–Crippen MR) is 142 cm³/mol. The molecule has 2 heterocycles. The number of alkyl halides is 3. The number of aromatic nitrogens is 2. The molecule has 2 atom stereocenters. The van der Waals surface area contributed by atoms with Crippen molar-refractivity contribution < 1.29 is 22.8 Å². The van der Waals surface area contributed by atoms with E-state index in [0.29, 0.717) is 36.4 Å². The van der Waals surface area contributed by atoms with Crippen LogP contribution in [0, 0.1) is 17.8 Å². The normalized spacial score (nSPS) is 22.6. The lowest BCUT2D eigenvalue weighted by molar-refractivity contribution is -0.138. The van der Waals surface area contributed by atoms with Crippen molar-refractivity contribution in [2.45, 2.75) is 70.0 Å². The van der Waals surface area contributed by atoms with Crippen molar-refractivity contribution in [3.05, 3.63) is 47.3 Å². The van der Waals surface area contributed by atoms with Crippen LogP contribution in [0.3, 0.4) is 0 Å². The van der Waals surface area contributed by atoms with Gasteiger partial charge in [0.15, 0.2) is 5.78 Å². The molecule has 1 amide bonds. The Hall–Kier alpha value is -3.01. The second-order valence-electron chi connectivity index (χ2n) is 11.4. The topological polar surface area (TPSA) is 87.2 Å². The Kier molecular flexibility index (Phi) is 8.21. The van der Waals surface area contributed by atoms with Crippen LogP contribution in [0.25, 0.3) is 0 Å². The number of Topliss-reactive ketones (excluding diaryl/α,β-unsaturated/α-hetero) is 1. The second-order valence-corrected chi connectivity index (χ2v) is 11.4. The number of nitrogens with one attached hydrogen (secondary N) is 2. The van der Waals surface area contributed by atoms with Crippen LogP contribution in [0.2, 0.25) is 0 Å². The number of halogens is 3. The van der Waals surface area contributed by atoms with E-state index < -0.39 is 11.7 Å². The fourth-order valence-electron chi connectivity index (χ4n) is 5.80. The van der Waals surface area contributed by atoms with Gasteiger partial charge in [-0.05, 0) is 101 Å². The number of nitrogens with zero attached hydrogens (tertiary/aromatic N) is 3. The SMILES string of the molecule is CN1CCC(CC(=O)c2ccc(Nc3ncc(C(F)(F)F)c(C[C@@H]4CCC[C@@H]4C(=O)NC4CC4)n3)cc2)CC1. The molecule has 39 heavy (non-hydrogen) atoms. The van der Waals surface area contributed by atoms with Crippen molar-refractivity contribution >= 4 is 23.3 Å².